The fourth-order valence-electron chi connectivity index (χ4n) is 4.55. The van der Waals surface area contributed by atoms with Crippen LogP contribution in [0.15, 0.2) is 36.4 Å². The summed E-state index contributed by atoms with van der Waals surface area (Å²) in [6.07, 6.45) is -1.06. The molecule has 2 N–H and O–H groups in total. The zero-order valence-electron chi connectivity index (χ0n) is 20.7. The fraction of sp³-hybridized carbons (Fsp3) is 0.462. The number of benzene rings is 2. The lowest BCUT2D eigenvalue weighted by Crippen LogP contribution is -2.68. The maximum atomic E-state index is 13.6. The van der Waals surface area contributed by atoms with Crippen LogP contribution in [0.25, 0.3) is 0 Å². The van der Waals surface area contributed by atoms with Gasteiger partial charge in [-0.15, -0.1) is 0 Å². The van der Waals surface area contributed by atoms with Crippen LogP contribution in [0.3, 0.4) is 0 Å². The first-order chi connectivity index (χ1) is 16.9. The number of nitrogens with zero attached hydrogens (tertiary/aromatic N) is 1. The van der Waals surface area contributed by atoms with E-state index in [2.05, 4.69) is 5.32 Å². The number of alkyl halides is 2. The number of hydrogen-bond donors (Lipinski definition) is 2. The minimum atomic E-state index is -3.16. The van der Waals surface area contributed by atoms with Crippen molar-refractivity contribution in [3.05, 3.63) is 58.9 Å². The van der Waals surface area contributed by atoms with Gasteiger partial charge in [0.25, 0.3) is 5.92 Å². The van der Waals surface area contributed by atoms with Gasteiger partial charge in [-0.1, -0.05) is 12.1 Å². The van der Waals surface area contributed by atoms with E-state index in [0.29, 0.717) is 29.9 Å². The van der Waals surface area contributed by atoms with Gasteiger partial charge < -0.3 is 24.8 Å². The van der Waals surface area contributed by atoms with Crippen molar-refractivity contribution < 1.29 is 37.3 Å². The number of halogens is 3. The summed E-state index contributed by atoms with van der Waals surface area (Å²) in [6.45, 7) is 3.73. The molecule has 0 aliphatic heterocycles. The van der Waals surface area contributed by atoms with Gasteiger partial charge in [0.05, 0.1) is 20.3 Å². The molecule has 0 saturated heterocycles. The summed E-state index contributed by atoms with van der Waals surface area (Å²) in [6, 6.07) is 8.23. The Morgan fingerprint density at radius 3 is 2.25 bits per heavy atom. The van der Waals surface area contributed by atoms with Gasteiger partial charge in [0.1, 0.15) is 17.3 Å². The Kier molecular flexibility index (Phi) is 8.05. The van der Waals surface area contributed by atoms with Crippen molar-refractivity contribution in [1.82, 2.24) is 10.2 Å². The quantitative estimate of drug-likeness (QED) is 0.466. The largest absolute Gasteiger partial charge is 0.496 e. The van der Waals surface area contributed by atoms with E-state index in [1.165, 1.54) is 31.3 Å². The molecule has 0 aromatic heterocycles. The van der Waals surface area contributed by atoms with Crippen LogP contribution in [0.4, 0.5) is 18.0 Å². The number of carboxylic acid groups (broad SMARTS) is 1. The molecular weight excluding hydrogens is 477 g/mol. The van der Waals surface area contributed by atoms with E-state index in [1.807, 2.05) is 6.92 Å². The minimum absolute atomic E-state index is 0.161. The molecule has 2 aromatic carbocycles. The van der Waals surface area contributed by atoms with Crippen LogP contribution in [0.5, 0.6) is 11.5 Å². The number of aliphatic carboxylic acids is 1. The predicted molar refractivity (Wildman–Crippen MR) is 127 cm³/mol. The van der Waals surface area contributed by atoms with Crippen LogP contribution in [-0.2, 0) is 11.2 Å². The molecule has 1 fully saturated rings. The summed E-state index contributed by atoms with van der Waals surface area (Å²) in [7, 11) is 3.01. The topological polar surface area (TPSA) is 88.1 Å². The number of urea groups is 1. The number of carbonyl (C=O) groups excluding carboxylic acids is 1. The Bertz CT molecular complexity index is 1090. The number of methoxy groups -OCH3 is 2. The number of amides is 2. The van der Waals surface area contributed by atoms with Gasteiger partial charge in [-0.2, -0.15) is 0 Å². The zero-order valence-corrected chi connectivity index (χ0v) is 20.7. The number of carboxylic acids is 1. The van der Waals surface area contributed by atoms with Crippen molar-refractivity contribution in [3.8, 4) is 11.5 Å². The monoisotopic (exact) mass is 508 g/mol. The zero-order chi connectivity index (χ0) is 26.7. The van der Waals surface area contributed by atoms with Gasteiger partial charge in [0.15, 0.2) is 5.54 Å². The molecule has 2 aromatic rings. The van der Waals surface area contributed by atoms with Gasteiger partial charge in [0.2, 0.25) is 0 Å². The van der Waals surface area contributed by atoms with Crippen molar-refractivity contribution in [1.29, 1.82) is 0 Å². The highest BCUT2D eigenvalue weighted by molar-refractivity contribution is 5.88. The molecule has 10 heteroatoms. The summed E-state index contributed by atoms with van der Waals surface area (Å²) in [5.74, 6) is -3.96. The number of hydrogen-bond acceptors (Lipinski definition) is 4. The second-order valence-electron chi connectivity index (χ2n) is 9.18. The first kappa shape index (κ1) is 27.2. The molecule has 0 heterocycles. The van der Waals surface area contributed by atoms with Crippen LogP contribution < -0.4 is 14.8 Å². The third kappa shape index (κ3) is 5.85. The lowest BCUT2D eigenvalue weighted by Gasteiger charge is -2.45. The van der Waals surface area contributed by atoms with E-state index in [4.69, 9.17) is 9.47 Å². The molecule has 2 amide bonds. The predicted octanol–water partition coefficient (Wildman–Crippen LogP) is 5.11. The lowest BCUT2D eigenvalue weighted by atomic mass is 9.73. The second kappa shape index (κ2) is 10.7. The van der Waals surface area contributed by atoms with Gasteiger partial charge in [0, 0.05) is 24.9 Å². The summed E-state index contributed by atoms with van der Waals surface area (Å²) in [5.41, 5.74) is 0.115. The summed E-state index contributed by atoms with van der Waals surface area (Å²) >= 11 is 0. The number of aryl methyl sites for hydroxylation is 1. The van der Waals surface area contributed by atoms with Crippen LogP contribution >= 0.6 is 0 Å². The number of rotatable bonds is 10. The first-order valence-electron chi connectivity index (χ1n) is 11.6. The number of carbonyl (C=O) groups is 2. The molecular formula is C26H31F3N2O5. The van der Waals surface area contributed by atoms with Gasteiger partial charge >= 0.3 is 12.0 Å². The van der Waals surface area contributed by atoms with Crippen molar-refractivity contribution >= 4 is 12.0 Å². The Hall–Kier alpha value is -3.43. The van der Waals surface area contributed by atoms with E-state index in [9.17, 15) is 27.9 Å². The number of nitrogens with one attached hydrogen (secondary N) is 1. The third-order valence-electron chi connectivity index (χ3n) is 6.62. The first-order valence-corrected chi connectivity index (χ1v) is 11.6. The SMILES string of the molecule is COc1cc(C(C)N(CCCc2cccc(F)c2)C(=O)NC2(C(=O)O)CC(F)(F)C2)cc(OC)c1C. The van der Waals surface area contributed by atoms with Crippen molar-refractivity contribution in [2.45, 2.75) is 57.0 Å². The molecule has 3 rings (SSSR count). The van der Waals surface area contributed by atoms with Crippen LogP contribution in [-0.4, -0.2) is 54.2 Å². The molecule has 196 valence electrons. The molecule has 1 aliphatic carbocycles. The smallest absolute Gasteiger partial charge is 0.329 e. The maximum Gasteiger partial charge on any atom is 0.329 e. The van der Waals surface area contributed by atoms with E-state index in [1.54, 1.807) is 31.2 Å². The highest BCUT2D eigenvalue weighted by atomic mass is 19.3. The molecule has 36 heavy (non-hydrogen) atoms. The van der Waals surface area contributed by atoms with E-state index >= 15 is 0 Å². The van der Waals surface area contributed by atoms with Crippen molar-refractivity contribution in [2.75, 3.05) is 20.8 Å². The molecule has 0 spiro atoms. The molecule has 1 unspecified atom stereocenters. The normalized spacial score (nSPS) is 16.4. The molecule has 1 saturated carbocycles. The minimum Gasteiger partial charge on any atom is -0.496 e. The second-order valence-corrected chi connectivity index (χ2v) is 9.18. The van der Waals surface area contributed by atoms with Gasteiger partial charge in [-0.3, -0.25) is 0 Å². The van der Waals surface area contributed by atoms with Crippen LogP contribution in [0.1, 0.15) is 48.9 Å². The fourth-order valence-corrected chi connectivity index (χ4v) is 4.55. The Balaban J connectivity index is 1.87. The Labute approximate surface area is 208 Å². The van der Waals surface area contributed by atoms with Gasteiger partial charge in [-0.25, -0.2) is 22.8 Å². The average molecular weight is 509 g/mol. The van der Waals surface area contributed by atoms with E-state index < -0.39 is 42.3 Å². The molecule has 1 atom stereocenters. The molecule has 1 aliphatic rings. The maximum absolute atomic E-state index is 13.6. The third-order valence-corrected chi connectivity index (χ3v) is 6.62. The number of ether oxygens (including phenoxy) is 2. The van der Waals surface area contributed by atoms with E-state index in [0.717, 1.165) is 11.1 Å². The summed E-state index contributed by atoms with van der Waals surface area (Å²) < 4.78 is 51.6. The van der Waals surface area contributed by atoms with Crippen molar-refractivity contribution in [3.63, 3.8) is 0 Å². The highest BCUT2D eigenvalue weighted by Gasteiger charge is 2.62. The van der Waals surface area contributed by atoms with Gasteiger partial charge in [-0.05, 0) is 62.1 Å². The molecule has 0 radical (unpaired) electrons. The van der Waals surface area contributed by atoms with Crippen molar-refractivity contribution in [2.24, 2.45) is 0 Å². The Morgan fingerprint density at radius 2 is 1.75 bits per heavy atom. The summed E-state index contributed by atoms with van der Waals surface area (Å²) in [5, 5.41) is 11.9. The van der Waals surface area contributed by atoms with E-state index in [-0.39, 0.29) is 12.4 Å². The molecule has 0 bridgehead atoms. The standard InChI is InChI=1S/C26H31F3N2O5/c1-16-21(35-3)12-19(13-22(16)36-4)17(2)31(10-6-8-18-7-5-9-20(27)11-18)24(34)30-25(23(32)33)14-26(28,29)15-25/h5,7,9,11-13,17H,6,8,10,14-15H2,1-4H3,(H,30,34)(H,32,33). The average Bonchev–Trinajstić information content (AvgIpc) is 2.80. The van der Waals surface area contributed by atoms with Crippen LogP contribution in [0, 0.1) is 12.7 Å². The molecule has 7 nitrogen and oxygen atoms in total. The lowest BCUT2D eigenvalue weighted by molar-refractivity contribution is -0.175. The summed E-state index contributed by atoms with van der Waals surface area (Å²) in [4.78, 5) is 26.5. The van der Waals surface area contributed by atoms with Crippen LogP contribution in [0.2, 0.25) is 0 Å². The Morgan fingerprint density at radius 1 is 1.14 bits per heavy atom. The highest BCUT2D eigenvalue weighted by Crippen LogP contribution is 2.46.